The SMILES string of the molecule is COc1ccc(Cn2cc(C(O)=CC(=O)c3nn[nH]n3)cc2C(=O)c2ccccc2)cc1. The third-order valence-electron chi connectivity index (χ3n) is 4.81. The van der Waals surface area contributed by atoms with Gasteiger partial charge < -0.3 is 14.4 Å². The van der Waals surface area contributed by atoms with Crippen molar-refractivity contribution in [2.24, 2.45) is 0 Å². The normalized spacial score (nSPS) is 11.3. The highest BCUT2D eigenvalue weighted by Crippen LogP contribution is 2.22. The Bertz CT molecular complexity index is 1260. The minimum atomic E-state index is -0.616. The lowest BCUT2D eigenvalue weighted by molar-refractivity contribution is 0.102. The minimum Gasteiger partial charge on any atom is -0.507 e. The molecule has 4 aromatic rings. The predicted octanol–water partition coefficient (Wildman–Crippen LogP) is 3.07. The molecular formula is C23H19N5O4. The molecule has 9 nitrogen and oxygen atoms in total. The van der Waals surface area contributed by atoms with Crippen LogP contribution in [-0.4, -0.2) is 49.0 Å². The molecule has 160 valence electrons. The number of allylic oxidation sites excluding steroid dienone is 1. The maximum absolute atomic E-state index is 13.2. The Morgan fingerprint density at radius 3 is 2.50 bits per heavy atom. The number of ether oxygens (including phenoxy) is 1. The van der Waals surface area contributed by atoms with Gasteiger partial charge in [0, 0.05) is 29.9 Å². The molecule has 32 heavy (non-hydrogen) atoms. The number of aromatic amines is 1. The number of hydrogen-bond donors (Lipinski definition) is 2. The number of nitrogens with one attached hydrogen (secondary N) is 1. The molecule has 0 spiro atoms. The summed E-state index contributed by atoms with van der Waals surface area (Å²) in [7, 11) is 1.59. The van der Waals surface area contributed by atoms with Gasteiger partial charge in [0.2, 0.25) is 17.4 Å². The number of benzene rings is 2. The topological polar surface area (TPSA) is 123 Å². The lowest BCUT2D eigenvalue weighted by Crippen LogP contribution is -2.10. The van der Waals surface area contributed by atoms with E-state index in [9.17, 15) is 14.7 Å². The van der Waals surface area contributed by atoms with E-state index in [4.69, 9.17) is 4.74 Å². The number of ketones is 2. The number of aliphatic hydroxyl groups is 1. The summed E-state index contributed by atoms with van der Waals surface area (Å²) in [6, 6.07) is 17.8. The lowest BCUT2D eigenvalue weighted by Gasteiger charge is -2.09. The van der Waals surface area contributed by atoms with Gasteiger partial charge in [-0.15, -0.1) is 10.2 Å². The highest BCUT2D eigenvalue weighted by molar-refractivity contribution is 6.09. The van der Waals surface area contributed by atoms with Crippen molar-refractivity contribution in [3.05, 3.63) is 101 Å². The number of aliphatic hydroxyl groups excluding tert-OH is 1. The molecule has 0 saturated carbocycles. The second-order valence-corrected chi connectivity index (χ2v) is 6.91. The summed E-state index contributed by atoms with van der Waals surface area (Å²) >= 11 is 0. The summed E-state index contributed by atoms with van der Waals surface area (Å²) in [4.78, 5) is 25.3. The molecule has 0 aliphatic carbocycles. The van der Waals surface area contributed by atoms with Gasteiger partial charge in [-0.05, 0) is 29.0 Å². The molecule has 9 heteroatoms. The van der Waals surface area contributed by atoms with Crippen molar-refractivity contribution in [2.75, 3.05) is 7.11 Å². The minimum absolute atomic E-state index is 0.171. The fourth-order valence-corrected chi connectivity index (χ4v) is 3.18. The first-order valence-electron chi connectivity index (χ1n) is 9.67. The van der Waals surface area contributed by atoms with Crippen molar-refractivity contribution in [3.8, 4) is 5.75 Å². The summed E-state index contributed by atoms with van der Waals surface area (Å²) in [5, 5.41) is 23.2. The molecule has 0 amide bonds. The third-order valence-corrected chi connectivity index (χ3v) is 4.81. The van der Waals surface area contributed by atoms with E-state index in [1.165, 1.54) is 0 Å². The van der Waals surface area contributed by atoms with Gasteiger partial charge in [0.15, 0.2) is 0 Å². The quantitative estimate of drug-likeness (QED) is 0.251. The zero-order chi connectivity index (χ0) is 22.5. The van der Waals surface area contributed by atoms with Gasteiger partial charge >= 0.3 is 0 Å². The van der Waals surface area contributed by atoms with Gasteiger partial charge in [-0.25, -0.2) is 0 Å². The van der Waals surface area contributed by atoms with E-state index in [1.54, 1.807) is 48.2 Å². The van der Waals surface area contributed by atoms with Crippen LogP contribution in [0.5, 0.6) is 5.75 Å². The van der Waals surface area contributed by atoms with Crippen LogP contribution >= 0.6 is 0 Å². The third kappa shape index (κ3) is 4.46. The molecule has 0 bridgehead atoms. The Hall–Kier alpha value is -4.53. The van der Waals surface area contributed by atoms with Crippen molar-refractivity contribution in [1.82, 2.24) is 25.2 Å². The fraction of sp³-hybridized carbons (Fsp3) is 0.0870. The Labute approximate surface area is 183 Å². The zero-order valence-corrected chi connectivity index (χ0v) is 17.1. The van der Waals surface area contributed by atoms with E-state index in [0.29, 0.717) is 23.4 Å². The maximum Gasteiger partial charge on any atom is 0.244 e. The Morgan fingerprint density at radius 1 is 1.09 bits per heavy atom. The van der Waals surface area contributed by atoms with E-state index < -0.39 is 5.78 Å². The molecule has 0 atom stereocenters. The monoisotopic (exact) mass is 429 g/mol. The molecule has 4 rings (SSSR count). The number of rotatable bonds is 8. The summed E-state index contributed by atoms with van der Waals surface area (Å²) in [6.45, 7) is 0.379. The molecule has 0 unspecified atom stereocenters. The molecule has 2 aromatic carbocycles. The Morgan fingerprint density at radius 2 is 1.84 bits per heavy atom. The van der Waals surface area contributed by atoms with Crippen LogP contribution in [0, 0.1) is 0 Å². The number of methoxy groups -OCH3 is 1. The van der Waals surface area contributed by atoms with Crippen LogP contribution in [0.4, 0.5) is 0 Å². The highest BCUT2D eigenvalue weighted by atomic mass is 16.5. The van der Waals surface area contributed by atoms with Crippen LogP contribution in [0.1, 0.15) is 37.8 Å². The molecule has 0 aliphatic rings. The lowest BCUT2D eigenvalue weighted by atomic mass is 10.1. The Kier molecular flexibility index (Phi) is 5.89. The van der Waals surface area contributed by atoms with E-state index in [0.717, 1.165) is 17.4 Å². The number of H-pyrrole nitrogens is 1. The van der Waals surface area contributed by atoms with Gasteiger partial charge in [0.25, 0.3) is 0 Å². The number of carbonyl (C=O) groups is 2. The maximum atomic E-state index is 13.2. The van der Waals surface area contributed by atoms with Crippen molar-refractivity contribution in [3.63, 3.8) is 0 Å². The number of aromatic nitrogens is 5. The molecule has 0 fully saturated rings. The summed E-state index contributed by atoms with van der Waals surface area (Å²) in [6.07, 6.45) is 2.62. The van der Waals surface area contributed by atoms with Gasteiger partial charge in [-0.1, -0.05) is 42.5 Å². The first-order chi connectivity index (χ1) is 15.5. The number of nitrogens with zero attached hydrogens (tertiary/aromatic N) is 4. The largest absolute Gasteiger partial charge is 0.507 e. The zero-order valence-electron chi connectivity index (χ0n) is 17.1. The smallest absolute Gasteiger partial charge is 0.244 e. The first-order valence-corrected chi connectivity index (χ1v) is 9.67. The molecule has 2 N–H and O–H groups in total. The van der Waals surface area contributed by atoms with Crippen molar-refractivity contribution >= 4 is 17.3 Å². The van der Waals surface area contributed by atoms with Crippen LogP contribution in [0.3, 0.4) is 0 Å². The molecular weight excluding hydrogens is 410 g/mol. The first kappa shape index (κ1) is 20.7. The average Bonchev–Trinajstić information content (AvgIpc) is 3.50. The Balaban J connectivity index is 1.70. The second-order valence-electron chi connectivity index (χ2n) is 6.91. The highest BCUT2D eigenvalue weighted by Gasteiger charge is 2.19. The number of hydrogen-bond acceptors (Lipinski definition) is 7. The molecule has 0 aliphatic heterocycles. The van der Waals surface area contributed by atoms with Crippen molar-refractivity contribution in [2.45, 2.75) is 6.54 Å². The van der Waals surface area contributed by atoms with Gasteiger partial charge in [-0.2, -0.15) is 5.21 Å². The van der Waals surface area contributed by atoms with Crippen LogP contribution < -0.4 is 4.74 Å². The van der Waals surface area contributed by atoms with Gasteiger partial charge in [0.1, 0.15) is 11.5 Å². The second kappa shape index (κ2) is 9.09. The van der Waals surface area contributed by atoms with E-state index in [2.05, 4.69) is 20.6 Å². The summed E-state index contributed by atoms with van der Waals surface area (Å²) in [5.41, 5.74) is 2.13. The predicted molar refractivity (Wildman–Crippen MR) is 116 cm³/mol. The van der Waals surface area contributed by atoms with E-state index >= 15 is 0 Å². The molecule has 2 heterocycles. The number of carbonyl (C=O) groups excluding carboxylic acids is 2. The summed E-state index contributed by atoms with van der Waals surface area (Å²) < 4.78 is 6.92. The number of tetrazole rings is 1. The van der Waals surface area contributed by atoms with Crippen molar-refractivity contribution in [1.29, 1.82) is 0 Å². The van der Waals surface area contributed by atoms with Crippen LogP contribution in [0.2, 0.25) is 0 Å². The van der Waals surface area contributed by atoms with Gasteiger partial charge in [-0.3, -0.25) is 9.59 Å². The van der Waals surface area contributed by atoms with Crippen molar-refractivity contribution < 1.29 is 19.4 Å². The fourth-order valence-electron chi connectivity index (χ4n) is 3.18. The van der Waals surface area contributed by atoms with Crippen LogP contribution in [0.15, 0.2) is 72.9 Å². The standard InChI is InChI=1S/C23H19N5O4/c1-32-18-9-7-15(8-10-18)13-28-14-17(20(29)12-21(30)23-24-26-27-25-23)11-19(28)22(31)16-5-3-2-4-6-16/h2-12,14,29H,13H2,1H3,(H,24,25,26,27). The summed E-state index contributed by atoms with van der Waals surface area (Å²) in [5.74, 6) is -0.578. The van der Waals surface area contributed by atoms with E-state index in [1.807, 2.05) is 30.3 Å². The molecule has 0 radical (unpaired) electrons. The average molecular weight is 429 g/mol. The molecule has 2 aromatic heterocycles. The van der Waals surface area contributed by atoms with Crippen LogP contribution in [-0.2, 0) is 6.54 Å². The molecule has 0 saturated heterocycles. The van der Waals surface area contributed by atoms with Gasteiger partial charge in [0.05, 0.1) is 12.8 Å². The van der Waals surface area contributed by atoms with E-state index in [-0.39, 0.29) is 17.4 Å². The van der Waals surface area contributed by atoms with Crippen LogP contribution in [0.25, 0.3) is 5.76 Å².